The third-order valence-electron chi connectivity index (χ3n) is 2.00. The number of alkyl halides is 2. The molecule has 0 saturated carbocycles. The first-order chi connectivity index (χ1) is 7.47. The summed E-state index contributed by atoms with van der Waals surface area (Å²) in [4.78, 5) is 13.0. The molecule has 1 aromatic heterocycles. The summed E-state index contributed by atoms with van der Waals surface area (Å²) in [5.41, 5.74) is -0.290. The van der Waals surface area contributed by atoms with Gasteiger partial charge in [0.25, 0.3) is 0 Å². The molecule has 1 heterocycles. The molecule has 16 heavy (non-hydrogen) atoms. The van der Waals surface area contributed by atoms with Crippen LogP contribution in [-0.2, 0) is 6.42 Å². The first-order valence-corrected chi connectivity index (χ1v) is 4.27. The Morgan fingerprint density at radius 2 is 2.31 bits per heavy atom. The van der Waals surface area contributed by atoms with E-state index in [1.54, 1.807) is 6.07 Å². The number of pyridine rings is 1. The van der Waals surface area contributed by atoms with Crippen LogP contribution in [0.4, 0.5) is 14.6 Å². The minimum atomic E-state index is -2.87. The second kappa shape index (κ2) is 4.61. The van der Waals surface area contributed by atoms with E-state index in [0.717, 1.165) is 6.07 Å². The molecule has 0 amide bonds. The summed E-state index contributed by atoms with van der Waals surface area (Å²) in [6, 6.07) is 2.80. The van der Waals surface area contributed by atoms with Crippen LogP contribution in [0.2, 0.25) is 0 Å². The normalized spacial score (nSPS) is 10.2. The quantitative estimate of drug-likeness (QED) is 0.586. The Labute approximate surface area is 89.5 Å². The second-order valence-corrected chi connectivity index (χ2v) is 3.06. The lowest BCUT2D eigenvalue weighted by molar-refractivity contribution is -0.390. The molecule has 0 fully saturated rings. The van der Waals surface area contributed by atoms with Crippen LogP contribution in [0.3, 0.4) is 0 Å². The Morgan fingerprint density at radius 1 is 1.69 bits per heavy atom. The van der Waals surface area contributed by atoms with Gasteiger partial charge in [-0.15, -0.1) is 0 Å². The molecule has 0 aromatic carbocycles. The zero-order valence-corrected chi connectivity index (χ0v) is 8.28. The van der Waals surface area contributed by atoms with Gasteiger partial charge in [0.15, 0.2) is 0 Å². The molecule has 0 aliphatic rings. The largest absolute Gasteiger partial charge is 0.368 e. The van der Waals surface area contributed by atoms with E-state index in [4.69, 9.17) is 5.26 Å². The van der Waals surface area contributed by atoms with Gasteiger partial charge in [-0.2, -0.15) is 5.26 Å². The van der Waals surface area contributed by atoms with Crippen LogP contribution < -0.4 is 0 Å². The topological polar surface area (TPSA) is 79.8 Å². The van der Waals surface area contributed by atoms with Crippen molar-refractivity contribution in [1.29, 1.82) is 5.26 Å². The fraction of sp³-hybridized carbons (Fsp3) is 0.333. The number of hydrogen-bond acceptors (Lipinski definition) is 4. The van der Waals surface area contributed by atoms with Gasteiger partial charge < -0.3 is 10.1 Å². The highest BCUT2D eigenvalue weighted by molar-refractivity contribution is 5.42. The highest BCUT2D eigenvalue weighted by Gasteiger charge is 2.24. The number of aryl methyl sites for hydroxylation is 1. The van der Waals surface area contributed by atoms with E-state index in [1.807, 2.05) is 0 Å². The Morgan fingerprint density at radius 3 is 2.75 bits per heavy atom. The monoisotopic (exact) mass is 227 g/mol. The van der Waals surface area contributed by atoms with Crippen LogP contribution in [0.1, 0.15) is 23.2 Å². The van der Waals surface area contributed by atoms with Crippen molar-refractivity contribution >= 4 is 5.82 Å². The number of nitro groups is 1. The molecule has 0 aliphatic carbocycles. The van der Waals surface area contributed by atoms with Crippen molar-refractivity contribution in [2.45, 2.75) is 19.8 Å². The molecule has 0 atom stereocenters. The maximum absolute atomic E-state index is 12.4. The summed E-state index contributed by atoms with van der Waals surface area (Å²) in [6.45, 7) is 1.44. The fourth-order valence-corrected chi connectivity index (χ4v) is 1.27. The van der Waals surface area contributed by atoms with Gasteiger partial charge in [-0.3, -0.25) is 0 Å². The molecular weight excluding hydrogens is 220 g/mol. The first kappa shape index (κ1) is 12.0. The maximum atomic E-state index is 12.4. The Kier molecular flexibility index (Phi) is 3.45. The standard InChI is InChI=1S/C9H7F2N3O2/c1-5-4-7(8(10)11)13-9(14(15)16)6(5)2-3-12/h4,8H,2H2,1H3. The number of halogens is 2. The molecule has 7 heteroatoms. The minimum absolute atomic E-state index is 0.0805. The molecule has 0 spiro atoms. The lowest BCUT2D eigenvalue weighted by Gasteiger charge is -2.04. The van der Waals surface area contributed by atoms with E-state index < -0.39 is 22.9 Å². The van der Waals surface area contributed by atoms with Gasteiger partial charge in [0.2, 0.25) is 5.69 Å². The van der Waals surface area contributed by atoms with Crippen molar-refractivity contribution < 1.29 is 13.7 Å². The number of hydrogen-bond donors (Lipinski definition) is 0. The Balaban J connectivity index is 3.40. The number of aromatic nitrogens is 1. The van der Waals surface area contributed by atoms with Crippen molar-refractivity contribution in [3.8, 4) is 6.07 Å². The van der Waals surface area contributed by atoms with Crippen molar-refractivity contribution in [2.24, 2.45) is 0 Å². The zero-order chi connectivity index (χ0) is 12.3. The van der Waals surface area contributed by atoms with Crippen molar-refractivity contribution in [2.75, 3.05) is 0 Å². The molecule has 84 valence electrons. The maximum Gasteiger partial charge on any atom is 0.368 e. The molecule has 1 rings (SSSR count). The van der Waals surface area contributed by atoms with Gasteiger partial charge in [0, 0.05) is 0 Å². The molecule has 1 aromatic rings. The van der Waals surface area contributed by atoms with Gasteiger partial charge in [0.1, 0.15) is 0 Å². The van der Waals surface area contributed by atoms with E-state index >= 15 is 0 Å². The molecule has 0 radical (unpaired) electrons. The molecule has 0 bridgehead atoms. The molecule has 5 nitrogen and oxygen atoms in total. The molecule has 0 unspecified atom stereocenters. The van der Waals surface area contributed by atoms with Crippen LogP contribution in [0.5, 0.6) is 0 Å². The number of nitriles is 1. The van der Waals surface area contributed by atoms with Crippen LogP contribution >= 0.6 is 0 Å². The first-order valence-electron chi connectivity index (χ1n) is 4.27. The lowest BCUT2D eigenvalue weighted by atomic mass is 10.1. The van der Waals surface area contributed by atoms with Crippen LogP contribution in [0.25, 0.3) is 0 Å². The van der Waals surface area contributed by atoms with Gasteiger partial charge in [-0.05, 0) is 28.5 Å². The summed E-state index contributed by atoms with van der Waals surface area (Å²) in [7, 11) is 0. The van der Waals surface area contributed by atoms with E-state index in [-0.39, 0.29) is 17.5 Å². The average molecular weight is 227 g/mol. The highest BCUT2D eigenvalue weighted by atomic mass is 19.3. The predicted octanol–water partition coefficient (Wildman–Crippen LogP) is 2.30. The van der Waals surface area contributed by atoms with Crippen LogP contribution in [-0.4, -0.2) is 9.91 Å². The summed E-state index contributed by atoms with van der Waals surface area (Å²) in [5, 5.41) is 19.1. The molecular formula is C9H7F2N3O2. The summed E-state index contributed by atoms with van der Waals surface area (Å²) in [5.74, 6) is -0.670. The van der Waals surface area contributed by atoms with Gasteiger partial charge in [-0.25, -0.2) is 8.78 Å². The average Bonchev–Trinajstić information content (AvgIpc) is 2.20. The van der Waals surface area contributed by atoms with Gasteiger partial charge in [0.05, 0.1) is 18.1 Å². The molecule has 0 saturated heterocycles. The van der Waals surface area contributed by atoms with E-state index in [0.29, 0.717) is 0 Å². The van der Waals surface area contributed by atoms with E-state index in [2.05, 4.69) is 4.98 Å². The summed E-state index contributed by atoms with van der Waals surface area (Å²) in [6.07, 6.45) is -3.09. The Bertz CT molecular complexity index is 469. The fourth-order valence-electron chi connectivity index (χ4n) is 1.27. The predicted molar refractivity (Wildman–Crippen MR) is 49.9 cm³/mol. The zero-order valence-electron chi connectivity index (χ0n) is 8.28. The highest BCUT2D eigenvalue weighted by Crippen LogP contribution is 2.26. The second-order valence-electron chi connectivity index (χ2n) is 3.06. The third-order valence-corrected chi connectivity index (χ3v) is 2.00. The third kappa shape index (κ3) is 2.28. The van der Waals surface area contributed by atoms with Crippen LogP contribution in [0.15, 0.2) is 6.07 Å². The number of rotatable bonds is 3. The van der Waals surface area contributed by atoms with E-state index in [9.17, 15) is 18.9 Å². The number of nitrogens with zero attached hydrogens (tertiary/aromatic N) is 3. The van der Waals surface area contributed by atoms with Gasteiger partial charge >= 0.3 is 12.2 Å². The molecule has 0 N–H and O–H groups in total. The van der Waals surface area contributed by atoms with Crippen molar-refractivity contribution in [3.63, 3.8) is 0 Å². The van der Waals surface area contributed by atoms with E-state index in [1.165, 1.54) is 6.92 Å². The molecule has 0 aliphatic heterocycles. The van der Waals surface area contributed by atoms with Gasteiger partial charge in [-0.1, -0.05) is 0 Å². The Hall–Kier alpha value is -2.10. The smallest absolute Gasteiger partial charge is 0.358 e. The lowest BCUT2D eigenvalue weighted by Crippen LogP contribution is -2.04. The SMILES string of the molecule is Cc1cc(C(F)F)nc([N+](=O)[O-])c1CC#N. The van der Waals surface area contributed by atoms with Crippen LogP contribution in [0, 0.1) is 28.4 Å². The minimum Gasteiger partial charge on any atom is -0.358 e. The summed E-state index contributed by atoms with van der Waals surface area (Å²) >= 11 is 0. The van der Waals surface area contributed by atoms with Crippen molar-refractivity contribution in [3.05, 3.63) is 33.0 Å². The van der Waals surface area contributed by atoms with Crippen molar-refractivity contribution in [1.82, 2.24) is 4.98 Å². The summed E-state index contributed by atoms with van der Waals surface area (Å²) < 4.78 is 24.7.